The van der Waals surface area contributed by atoms with Crippen LogP contribution in [0.15, 0.2) is 35.7 Å². The third-order valence-electron chi connectivity index (χ3n) is 2.74. The van der Waals surface area contributed by atoms with E-state index in [1.807, 2.05) is 6.07 Å². The molecular weight excluding hydrogens is 344 g/mol. The van der Waals surface area contributed by atoms with Gasteiger partial charge in [-0.2, -0.15) is 0 Å². The summed E-state index contributed by atoms with van der Waals surface area (Å²) in [6.07, 6.45) is -0.687. The summed E-state index contributed by atoms with van der Waals surface area (Å²) in [7, 11) is 0. The molecular formula is C17H18N2O5S. The Balaban J connectivity index is 1.91. The van der Waals surface area contributed by atoms with E-state index in [-0.39, 0.29) is 17.4 Å². The Morgan fingerprint density at radius 3 is 2.48 bits per heavy atom. The molecule has 132 valence electrons. The van der Waals surface area contributed by atoms with Crippen molar-refractivity contribution in [3.05, 3.63) is 47.0 Å². The first-order valence-electron chi connectivity index (χ1n) is 7.45. The summed E-state index contributed by atoms with van der Waals surface area (Å²) < 4.78 is 10.1. The number of amides is 1. The van der Waals surface area contributed by atoms with E-state index in [9.17, 15) is 14.4 Å². The fraction of sp³-hybridized carbons (Fsp3) is 0.294. The maximum absolute atomic E-state index is 12.0. The Bertz CT molecular complexity index is 765. The monoisotopic (exact) mass is 362 g/mol. The highest BCUT2D eigenvalue weighted by molar-refractivity contribution is 7.14. The molecule has 25 heavy (non-hydrogen) atoms. The molecule has 0 aliphatic rings. The average molecular weight is 362 g/mol. The van der Waals surface area contributed by atoms with Gasteiger partial charge in [-0.15, -0.1) is 11.3 Å². The van der Waals surface area contributed by atoms with Crippen molar-refractivity contribution >= 4 is 34.3 Å². The average Bonchev–Trinajstić information content (AvgIpc) is 2.99. The van der Waals surface area contributed by atoms with Gasteiger partial charge in [-0.1, -0.05) is 30.3 Å². The highest BCUT2D eigenvalue weighted by Crippen LogP contribution is 2.18. The van der Waals surface area contributed by atoms with Crippen molar-refractivity contribution in [2.24, 2.45) is 0 Å². The van der Waals surface area contributed by atoms with E-state index in [0.29, 0.717) is 0 Å². The van der Waals surface area contributed by atoms with E-state index < -0.39 is 23.4 Å². The highest BCUT2D eigenvalue weighted by Gasteiger charge is 2.22. The van der Waals surface area contributed by atoms with Crippen molar-refractivity contribution in [3.8, 4) is 0 Å². The van der Waals surface area contributed by atoms with Crippen molar-refractivity contribution in [1.29, 1.82) is 0 Å². The van der Waals surface area contributed by atoms with Crippen LogP contribution in [0.2, 0.25) is 0 Å². The summed E-state index contributed by atoms with van der Waals surface area (Å²) in [5.74, 6) is -1.87. The van der Waals surface area contributed by atoms with Crippen LogP contribution in [0.5, 0.6) is 0 Å². The summed E-state index contributed by atoms with van der Waals surface area (Å²) in [5.41, 5.74) is 0.0321. The zero-order chi connectivity index (χ0) is 18.4. The number of benzene rings is 1. The molecule has 2 aromatic rings. The van der Waals surface area contributed by atoms with Crippen molar-refractivity contribution in [2.75, 3.05) is 5.32 Å². The number of carbonyl (C=O) groups excluding carboxylic acids is 3. The highest BCUT2D eigenvalue weighted by atomic mass is 32.1. The maximum Gasteiger partial charge on any atom is 0.413 e. The largest absolute Gasteiger partial charge is 0.455 e. The molecule has 1 aromatic heterocycles. The molecule has 0 spiro atoms. The smallest absolute Gasteiger partial charge is 0.413 e. The zero-order valence-corrected chi connectivity index (χ0v) is 14.9. The van der Waals surface area contributed by atoms with Crippen molar-refractivity contribution in [1.82, 2.24) is 4.98 Å². The molecule has 0 radical (unpaired) electrons. The van der Waals surface area contributed by atoms with Gasteiger partial charge >= 0.3 is 12.1 Å². The second kappa shape index (κ2) is 7.89. The molecule has 1 amide bonds. The topological polar surface area (TPSA) is 94.6 Å². The quantitative estimate of drug-likeness (QED) is 0.497. The predicted molar refractivity (Wildman–Crippen MR) is 92.5 cm³/mol. The Morgan fingerprint density at radius 1 is 1.16 bits per heavy atom. The minimum atomic E-state index is -1.00. The van der Waals surface area contributed by atoms with Crippen molar-refractivity contribution < 1.29 is 23.9 Å². The molecule has 8 heteroatoms. The van der Waals surface area contributed by atoms with E-state index in [0.717, 1.165) is 16.9 Å². The summed E-state index contributed by atoms with van der Waals surface area (Å²) in [4.78, 5) is 39.4. The SMILES string of the molecule is CC(C)(C)OC(=O)Nc1nc(C(=O)C(=O)OCc2ccccc2)cs1. The molecule has 0 saturated heterocycles. The van der Waals surface area contributed by atoms with Crippen LogP contribution in [0, 0.1) is 0 Å². The first-order valence-corrected chi connectivity index (χ1v) is 8.33. The Morgan fingerprint density at radius 2 is 1.84 bits per heavy atom. The number of nitrogens with zero attached hydrogens (tertiary/aromatic N) is 1. The van der Waals surface area contributed by atoms with Crippen LogP contribution in [0.1, 0.15) is 36.8 Å². The van der Waals surface area contributed by atoms with Crippen molar-refractivity contribution in [3.63, 3.8) is 0 Å². The molecule has 2 rings (SSSR count). The van der Waals surface area contributed by atoms with Gasteiger partial charge in [-0.05, 0) is 26.3 Å². The fourth-order valence-corrected chi connectivity index (χ4v) is 2.40. The van der Waals surface area contributed by atoms with E-state index in [4.69, 9.17) is 9.47 Å². The molecule has 1 N–H and O–H groups in total. The Labute approximate surface area is 149 Å². The minimum Gasteiger partial charge on any atom is -0.455 e. The Hall–Kier alpha value is -2.74. The molecule has 0 aliphatic heterocycles. The molecule has 0 fully saturated rings. The third-order valence-corrected chi connectivity index (χ3v) is 3.50. The number of aromatic nitrogens is 1. The number of carbonyl (C=O) groups is 3. The van der Waals surface area contributed by atoms with E-state index in [1.54, 1.807) is 45.0 Å². The number of esters is 1. The lowest BCUT2D eigenvalue weighted by molar-refractivity contribution is -0.139. The van der Waals surface area contributed by atoms with Crippen LogP contribution in [-0.2, 0) is 20.9 Å². The second-order valence-corrected chi connectivity index (χ2v) is 6.91. The number of rotatable bonds is 5. The predicted octanol–water partition coefficient (Wildman–Crippen LogP) is 3.42. The first-order chi connectivity index (χ1) is 11.7. The van der Waals surface area contributed by atoms with Crippen LogP contribution in [0.25, 0.3) is 0 Å². The molecule has 7 nitrogen and oxygen atoms in total. The van der Waals surface area contributed by atoms with Gasteiger partial charge in [-0.25, -0.2) is 14.6 Å². The van der Waals surface area contributed by atoms with Gasteiger partial charge < -0.3 is 9.47 Å². The summed E-state index contributed by atoms with van der Waals surface area (Å²) in [5, 5.41) is 3.95. The summed E-state index contributed by atoms with van der Waals surface area (Å²) in [6.45, 7) is 5.18. The lowest BCUT2D eigenvalue weighted by atomic mass is 10.2. The molecule has 1 heterocycles. The Kier molecular flexibility index (Phi) is 5.87. The van der Waals surface area contributed by atoms with Crippen LogP contribution in [0.3, 0.4) is 0 Å². The molecule has 0 atom stereocenters. The van der Waals surface area contributed by atoms with Crippen LogP contribution >= 0.6 is 11.3 Å². The molecule has 0 aliphatic carbocycles. The van der Waals surface area contributed by atoms with E-state index in [2.05, 4.69) is 10.3 Å². The standard InChI is InChI=1S/C17H18N2O5S/c1-17(2,3)24-16(22)19-15-18-12(10-25-15)13(20)14(21)23-9-11-7-5-4-6-8-11/h4-8,10H,9H2,1-3H3,(H,18,19,22). The number of ketones is 1. The van der Waals surface area contributed by atoms with Gasteiger partial charge in [-0.3, -0.25) is 10.1 Å². The zero-order valence-electron chi connectivity index (χ0n) is 14.1. The van der Waals surface area contributed by atoms with Crippen molar-refractivity contribution in [2.45, 2.75) is 33.0 Å². The number of thiazole rings is 1. The van der Waals surface area contributed by atoms with Crippen LogP contribution < -0.4 is 5.32 Å². The molecule has 1 aromatic carbocycles. The van der Waals surface area contributed by atoms with E-state index >= 15 is 0 Å². The number of Topliss-reactive ketones (excluding diaryl/α,β-unsaturated/α-hetero) is 1. The van der Waals surface area contributed by atoms with Crippen LogP contribution in [0.4, 0.5) is 9.93 Å². The number of hydrogen-bond acceptors (Lipinski definition) is 7. The molecule has 0 bridgehead atoms. The first kappa shape index (κ1) is 18.6. The lowest BCUT2D eigenvalue weighted by Crippen LogP contribution is -2.27. The minimum absolute atomic E-state index is 0.00142. The number of anilines is 1. The van der Waals surface area contributed by atoms with Gasteiger partial charge in [0.15, 0.2) is 5.13 Å². The summed E-state index contributed by atoms with van der Waals surface area (Å²) in [6, 6.07) is 9.01. The number of ether oxygens (including phenoxy) is 2. The van der Waals surface area contributed by atoms with Gasteiger partial charge in [0.2, 0.25) is 0 Å². The van der Waals surface area contributed by atoms with Gasteiger partial charge in [0.05, 0.1) is 0 Å². The lowest BCUT2D eigenvalue weighted by Gasteiger charge is -2.18. The summed E-state index contributed by atoms with van der Waals surface area (Å²) >= 11 is 1.01. The maximum atomic E-state index is 12.0. The molecule has 0 unspecified atom stereocenters. The number of nitrogens with one attached hydrogen (secondary N) is 1. The van der Waals surface area contributed by atoms with Gasteiger partial charge in [0, 0.05) is 5.38 Å². The van der Waals surface area contributed by atoms with E-state index in [1.165, 1.54) is 5.38 Å². The van der Waals surface area contributed by atoms with Gasteiger partial charge in [0.25, 0.3) is 5.78 Å². The van der Waals surface area contributed by atoms with Crippen LogP contribution in [-0.4, -0.2) is 28.4 Å². The normalized spacial score (nSPS) is 10.8. The number of hydrogen-bond donors (Lipinski definition) is 1. The van der Waals surface area contributed by atoms with Gasteiger partial charge in [0.1, 0.15) is 17.9 Å². The fourth-order valence-electron chi connectivity index (χ4n) is 1.72. The second-order valence-electron chi connectivity index (χ2n) is 6.06. The molecule has 0 saturated carbocycles. The third kappa shape index (κ3) is 6.00.